The number of sulfonamides is 1. The summed E-state index contributed by atoms with van der Waals surface area (Å²) in [7, 11) is -3.50. The van der Waals surface area contributed by atoms with E-state index in [-0.39, 0.29) is 10.9 Å². The van der Waals surface area contributed by atoms with Crippen molar-refractivity contribution in [2.24, 2.45) is 0 Å². The van der Waals surface area contributed by atoms with Gasteiger partial charge in [0.1, 0.15) is 0 Å². The number of urea groups is 1. The van der Waals surface area contributed by atoms with Crippen molar-refractivity contribution >= 4 is 27.4 Å². The average Bonchev–Trinajstić information content (AvgIpc) is 3.16. The van der Waals surface area contributed by atoms with Crippen molar-refractivity contribution in [2.75, 3.05) is 32.7 Å². The van der Waals surface area contributed by atoms with Crippen LogP contribution in [0.1, 0.15) is 17.6 Å². The Morgan fingerprint density at radius 2 is 1.89 bits per heavy atom. The summed E-state index contributed by atoms with van der Waals surface area (Å²) in [5.41, 5.74) is 0.996. The van der Waals surface area contributed by atoms with Crippen LogP contribution in [0.25, 0.3) is 0 Å². The zero-order valence-electron chi connectivity index (χ0n) is 15.3. The van der Waals surface area contributed by atoms with Gasteiger partial charge in [0.05, 0.1) is 15.6 Å². The number of rotatable bonds is 6. The molecule has 0 radical (unpaired) electrons. The van der Waals surface area contributed by atoms with Crippen LogP contribution in [0.15, 0.2) is 40.6 Å². The number of aryl methyl sites for hydroxylation is 1. The molecule has 146 valence electrons. The first kappa shape index (κ1) is 19.8. The van der Waals surface area contributed by atoms with Crippen LogP contribution in [0, 0.1) is 0 Å². The Balaban J connectivity index is 1.46. The molecule has 3 rings (SSSR count). The van der Waals surface area contributed by atoms with Crippen molar-refractivity contribution in [3.8, 4) is 0 Å². The van der Waals surface area contributed by atoms with E-state index < -0.39 is 10.0 Å². The van der Waals surface area contributed by atoms with Crippen LogP contribution in [0.2, 0.25) is 0 Å². The lowest BCUT2D eigenvalue weighted by Gasteiger charge is -2.34. The van der Waals surface area contributed by atoms with E-state index in [1.54, 1.807) is 46.6 Å². The van der Waals surface area contributed by atoms with Crippen molar-refractivity contribution in [1.82, 2.24) is 19.5 Å². The molecule has 1 N–H and O–H groups in total. The van der Waals surface area contributed by atoms with Gasteiger partial charge in [0, 0.05) is 44.5 Å². The number of thiazole rings is 1. The maximum Gasteiger partial charge on any atom is 0.317 e. The fourth-order valence-corrected chi connectivity index (χ4v) is 5.13. The van der Waals surface area contributed by atoms with Gasteiger partial charge in [0.25, 0.3) is 0 Å². The molecule has 27 heavy (non-hydrogen) atoms. The lowest BCUT2D eigenvalue weighted by Crippen LogP contribution is -2.53. The molecule has 2 heterocycles. The third-order valence-electron chi connectivity index (χ3n) is 4.47. The van der Waals surface area contributed by atoms with Crippen LogP contribution in [0.4, 0.5) is 4.79 Å². The highest BCUT2D eigenvalue weighted by Crippen LogP contribution is 2.17. The minimum absolute atomic E-state index is 0.155. The zero-order valence-corrected chi connectivity index (χ0v) is 16.9. The lowest BCUT2D eigenvalue weighted by atomic mass is 10.3. The summed E-state index contributed by atoms with van der Waals surface area (Å²) in [6.45, 7) is 3.96. The van der Waals surface area contributed by atoms with Crippen LogP contribution in [-0.2, 0) is 22.9 Å². The van der Waals surface area contributed by atoms with Crippen LogP contribution in [0.3, 0.4) is 0 Å². The van der Waals surface area contributed by atoms with E-state index in [4.69, 9.17) is 0 Å². The molecule has 0 unspecified atom stereocenters. The molecule has 0 saturated carbocycles. The van der Waals surface area contributed by atoms with Gasteiger partial charge in [0.2, 0.25) is 10.0 Å². The minimum atomic E-state index is -3.50. The van der Waals surface area contributed by atoms with E-state index in [2.05, 4.69) is 17.2 Å². The first-order valence-electron chi connectivity index (χ1n) is 9.02. The van der Waals surface area contributed by atoms with E-state index in [0.29, 0.717) is 39.1 Å². The first-order chi connectivity index (χ1) is 13.0. The second-order valence-corrected chi connectivity index (χ2v) is 9.15. The molecule has 1 aromatic carbocycles. The topological polar surface area (TPSA) is 82.6 Å². The Morgan fingerprint density at radius 3 is 2.52 bits per heavy atom. The van der Waals surface area contributed by atoms with Gasteiger partial charge in [0.15, 0.2) is 0 Å². The second kappa shape index (κ2) is 8.81. The van der Waals surface area contributed by atoms with Crippen LogP contribution < -0.4 is 5.32 Å². The predicted octanol–water partition coefficient (Wildman–Crippen LogP) is 1.96. The summed E-state index contributed by atoms with van der Waals surface area (Å²) in [6, 6.07) is 8.24. The highest BCUT2D eigenvalue weighted by molar-refractivity contribution is 7.89. The number of carbonyl (C=O) groups is 1. The van der Waals surface area contributed by atoms with E-state index in [0.717, 1.165) is 17.1 Å². The number of amides is 2. The molecule has 9 heteroatoms. The van der Waals surface area contributed by atoms with Crippen LogP contribution in [-0.4, -0.2) is 61.4 Å². The molecular formula is C18H24N4O3S2. The van der Waals surface area contributed by atoms with Gasteiger partial charge in [-0.3, -0.25) is 0 Å². The minimum Gasteiger partial charge on any atom is -0.338 e. The Kier molecular flexibility index (Phi) is 6.46. The Hall–Kier alpha value is -1.97. The molecule has 0 bridgehead atoms. The molecule has 2 amide bonds. The lowest BCUT2D eigenvalue weighted by molar-refractivity contribution is 0.172. The third-order valence-corrected chi connectivity index (χ3v) is 7.42. The first-order valence-corrected chi connectivity index (χ1v) is 11.3. The summed E-state index contributed by atoms with van der Waals surface area (Å²) in [5.74, 6) is 0. The molecule has 1 saturated heterocycles. The van der Waals surface area contributed by atoms with Crippen LogP contribution >= 0.6 is 11.3 Å². The molecular weight excluding hydrogens is 384 g/mol. The SMILES string of the molecule is CCc1nc(CCNC(=O)N2CCN(S(=O)(=O)c3ccccc3)CC2)cs1. The summed E-state index contributed by atoms with van der Waals surface area (Å²) in [5, 5.41) is 6.03. The number of hydrogen-bond donors (Lipinski definition) is 1. The maximum atomic E-state index is 12.6. The number of piperazine rings is 1. The van der Waals surface area contributed by atoms with Crippen molar-refractivity contribution in [1.29, 1.82) is 0 Å². The quantitative estimate of drug-likeness (QED) is 0.792. The fourth-order valence-electron chi connectivity index (χ4n) is 2.91. The van der Waals surface area contributed by atoms with Crippen molar-refractivity contribution in [2.45, 2.75) is 24.7 Å². The zero-order chi connectivity index (χ0) is 19.3. The molecule has 1 fully saturated rings. The molecule has 0 atom stereocenters. The van der Waals surface area contributed by atoms with E-state index in [1.165, 1.54) is 4.31 Å². The monoisotopic (exact) mass is 408 g/mol. The van der Waals surface area contributed by atoms with Crippen LogP contribution in [0.5, 0.6) is 0 Å². The van der Waals surface area contributed by atoms with Gasteiger partial charge >= 0.3 is 6.03 Å². The summed E-state index contributed by atoms with van der Waals surface area (Å²) in [4.78, 5) is 18.7. The smallest absolute Gasteiger partial charge is 0.317 e. The number of benzene rings is 1. The molecule has 7 nitrogen and oxygen atoms in total. The predicted molar refractivity (Wildman–Crippen MR) is 105 cm³/mol. The Morgan fingerprint density at radius 1 is 1.19 bits per heavy atom. The fraction of sp³-hybridized carbons (Fsp3) is 0.444. The Labute approximate surface area is 164 Å². The van der Waals surface area contributed by atoms with E-state index in [1.807, 2.05) is 5.38 Å². The number of nitrogens with zero attached hydrogens (tertiary/aromatic N) is 3. The van der Waals surface area contributed by atoms with E-state index >= 15 is 0 Å². The Bertz CT molecular complexity index is 860. The summed E-state index contributed by atoms with van der Waals surface area (Å²) in [6.07, 6.45) is 1.62. The normalized spacial score (nSPS) is 15.7. The second-order valence-electron chi connectivity index (χ2n) is 6.27. The average molecular weight is 409 g/mol. The number of hydrogen-bond acceptors (Lipinski definition) is 5. The molecule has 0 aliphatic carbocycles. The van der Waals surface area contributed by atoms with Gasteiger partial charge in [-0.05, 0) is 18.6 Å². The maximum absolute atomic E-state index is 12.6. The molecule has 1 aliphatic rings. The van der Waals surface area contributed by atoms with Gasteiger partial charge in [-0.1, -0.05) is 25.1 Å². The summed E-state index contributed by atoms with van der Waals surface area (Å²) >= 11 is 1.64. The molecule has 1 aliphatic heterocycles. The molecule has 1 aromatic heterocycles. The van der Waals surface area contributed by atoms with Gasteiger partial charge in [-0.2, -0.15) is 4.31 Å². The number of aromatic nitrogens is 1. The largest absolute Gasteiger partial charge is 0.338 e. The van der Waals surface area contributed by atoms with Crippen molar-refractivity contribution in [3.05, 3.63) is 46.4 Å². The number of nitrogens with one attached hydrogen (secondary N) is 1. The van der Waals surface area contributed by atoms with Gasteiger partial charge < -0.3 is 10.2 Å². The molecule has 2 aromatic rings. The molecule has 0 spiro atoms. The summed E-state index contributed by atoms with van der Waals surface area (Å²) < 4.78 is 26.7. The third kappa shape index (κ3) is 4.85. The van der Waals surface area contributed by atoms with Gasteiger partial charge in [-0.15, -0.1) is 11.3 Å². The standard InChI is InChI=1S/C18H24N4O3S2/c1-2-17-20-15(14-26-17)8-9-19-18(23)21-10-12-22(13-11-21)27(24,25)16-6-4-3-5-7-16/h3-7,14H,2,8-13H2,1H3,(H,19,23). The highest BCUT2D eigenvalue weighted by atomic mass is 32.2. The van der Waals surface area contributed by atoms with E-state index in [9.17, 15) is 13.2 Å². The van der Waals surface area contributed by atoms with Gasteiger partial charge in [-0.25, -0.2) is 18.2 Å². The number of carbonyl (C=O) groups excluding carboxylic acids is 1. The van der Waals surface area contributed by atoms with Crippen molar-refractivity contribution < 1.29 is 13.2 Å². The van der Waals surface area contributed by atoms with Crippen molar-refractivity contribution in [3.63, 3.8) is 0 Å². The highest BCUT2D eigenvalue weighted by Gasteiger charge is 2.29.